The van der Waals surface area contributed by atoms with E-state index >= 15 is 0 Å². The number of hydrogen-bond donors (Lipinski definition) is 1. The lowest BCUT2D eigenvalue weighted by Gasteiger charge is -2.33. The first kappa shape index (κ1) is 12.9. The molecule has 1 fully saturated rings. The monoisotopic (exact) mass is 250 g/mol. The number of carbonyl (C=O) groups excluding carboxylic acids is 1. The number of aliphatic hydroxyl groups excluding tert-OH is 1. The first-order valence-corrected chi connectivity index (χ1v) is 6.14. The average Bonchev–Trinajstić information content (AvgIpc) is 2.41. The van der Waals surface area contributed by atoms with Gasteiger partial charge < -0.3 is 14.7 Å². The Kier molecular flexibility index (Phi) is 4.55. The van der Waals surface area contributed by atoms with Gasteiger partial charge in [0.1, 0.15) is 5.75 Å². The maximum atomic E-state index is 11.9. The zero-order valence-electron chi connectivity index (χ0n) is 10.3. The third-order valence-electron chi connectivity index (χ3n) is 3.00. The number of amides is 1. The molecule has 1 N–H and O–H groups in total. The van der Waals surface area contributed by atoms with Crippen molar-refractivity contribution < 1.29 is 14.6 Å². The minimum absolute atomic E-state index is 0.161. The summed E-state index contributed by atoms with van der Waals surface area (Å²) in [5, 5.41) is 8.84. The van der Waals surface area contributed by atoms with Crippen molar-refractivity contribution in [3.05, 3.63) is 30.3 Å². The zero-order valence-corrected chi connectivity index (χ0v) is 10.3. The van der Waals surface area contributed by atoms with Gasteiger partial charge in [0, 0.05) is 32.7 Å². The molecule has 0 aromatic heterocycles. The van der Waals surface area contributed by atoms with Crippen LogP contribution in [0.3, 0.4) is 0 Å². The van der Waals surface area contributed by atoms with E-state index in [9.17, 15) is 4.79 Å². The van der Waals surface area contributed by atoms with Crippen molar-refractivity contribution in [3.63, 3.8) is 0 Å². The highest BCUT2D eigenvalue weighted by Gasteiger charge is 2.21. The molecule has 0 atom stereocenters. The fraction of sp³-hybridized carbons (Fsp3) is 0.462. The van der Waals surface area contributed by atoms with Gasteiger partial charge in [-0.3, -0.25) is 4.90 Å². The predicted molar refractivity (Wildman–Crippen MR) is 67.6 cm³/mol. The third-order valence-corrected chi connectivity index (χ3v) is 3.00. The van der Waals surface area contributed by atoms with E-state index < -0.39 is 0 Å². The minimum atomic E-state index is -0.301. The van der Waals surface area contributed by atoms with E-state index in [0.29, 0.717) is 25.4 Å². The molecular weight excluding hydrogens is 232 g/mol. The standard InChI is InChI=1S/C13H18N2O3/c16-11-10-14-6-8-15(9-7-14)13(17)18-12-4-2-1-3-5-12/h1-5,16H,6-11H2. The topological polar surface area (TPSA) is 53.0 Å². The van der Waals surface area contributed by atoms with Gasteiger partial charge in [-0.15, -0.1) is 0 Å². The number of para-hydroxylation sites is 1. The number of β-amino-alcohol motifs (C(OH)–C–C–N with tert-alkyl or cyclic N) is 1. The molecule has 98 valence electrons. The van der Waals surface area contributed by atoms with Crippen LogP contribution in [0.1, 0.15) is 0 Å². The van der Waals surface area contributed by atoms with Crippen LogP contribution in [0.4, 0.5) is 4.79 Å². The van der Waals surface area contributed by atoms with E-state index in [0.717, 1.165) is 13.1 Å². The van der Waals surface area contributed by atoms with Crippen molar-refractivity contribution in [2.75, 3.05) is 39.3 Å². The van der Waals surface area contributed by atoms with Crippen molar-refractivity contribution >= 4 is 6.09 Å². The largest absolute Gasteiger partial charge is 0.415 e. The fourth-order valence-electron chi connectivity index (χ4n) is 1.95. The predicted octanol–water partition coefficient (Wildman–Crippen LogP) is 0.795. The van der Waals surface area contributed by atoms with Crippen LogP contribution in [-0.4, -0.2) is 60.3 Å². The molecule has 0 bridgehead atoms. The third kappa shape index (κ3) is 3.45. The number of carbonyl (C=O) groups is 1. The molecule has 1 saturated heterocycles. The Labute approximate surface area is 107 Å². The second-order valence-corrected chi connectivity index (χ2v) is 4.23. The van der Waals surface area contributed by atoms with E-state index in [1.165, 1.54) is 0 Å². The first-order chi connectivity index (χ1) is 8.79. The molecule has 0 saturated carbocycles. The summed E-state index contributed by atoms with van der Waals surface area (Å²) < 4.78 is 5.27. The number of nitrogens with zero attached hydrogens (tertiary/aromatic N) is 2. The fourth-order valence-corrected chi connectivity index (χ4v) is 1.95. The van der Waals surface area contributed by atoms with E-state index in [-0.39, 0.29) is 12.7 Å². The van der Waals surface area contributed by atoms with Gasteiger partial charge in [0.25, 0.3) is 0 Å². The summed E-state index contributed by atoms with van der Waals surface area (Å²) in [6.45, 7) is 3.68. The first-order valence-electron chi connectivity index (χ1n) is 6.14. The van der Waals surface area contributed by atoms with Gasteiger partial charge in [-0.05, 0) is 12.1 Å². The quantitative estimate of drug-likeness (QED) is 0.862. The van der Waals surface area contributed by atoms with Crippen LogP contribution in [0.5, 0.6) is 5.75 Å². The Bertz CT molecular complexity index is 375. The van der Waals surface area contributed by atoms with Crippen LogP contribution in [0.2, 0.25) is 0 Å². The molecule has 18 heavy (non-hydrogen) atoms. The van der Waals surface area contributed by atoms with Gasteiger partial charge in [0.2, 0.25) is 0 Å². The maximum absolute atomic E-state index is 11.9. The number of ether oxygens (including phenoxy) is 1. The minimum Gasteiger partial charge on any atom is -0.410 e. The Hall–Kier alpha value is -1.59. The van der Waals surface area contributed by atoms with Gasteiger partial charge in [-0.1, -0.05) is 18.2 Å². The van der Waals surface area contributed by atoms with E-state index in [1.54, 1.807) is 17.0 Å². The number of rotatable bonds is 3. The number of aliphatic hydroxyl groups is 1. The van der Waals surface area contributed by atoms with Crippen LogP contribution in [0.15, 0.2) is 30.3 Å². The van der Waals surface area contributed by atoms with Crippen molar-refractivity contribution in [3.8, 4) is 5.75 Å². The summed E-state index contributed by atoms with van der Waals surface area (Å²) in [6, 6.07) is 9.08. The molecule has 1 aromatic carbocycles. The summed E-state index contributed by atoms with van der Waals surface area (Å²) >= 11 is 0. The highest BCUT2D eigenvalue weighted by atomic mass is 16.6. The highest BCUT2D eigenvalue weighted by molar-refractivity contribution is 5.70. The van der Waals surface area contributed by atoms with Crippen molar-refractivity contribution in [1.29, 1.82) is 0 Å². The second kappa shape index (κ2) is 6.37. The van der Waals surface area contributed by atoms with Crippen molar-refractivity contribution in [2.45, 2.75) is 0 Å². The zero-order chi connectivity index (χ0) is 12.8. The Morgan fingerprint density at radius 1 is 1.17 bits per heavy atom. The number of benzene rings is 1. The summed E-state index contributed by atoms with van der Waals surface area (Å²) in [6.07, 6.45) is -0.301. The molecule has 1 aliphatic rings. The summed E-state index contributed by atoms with van der Waals surface area (Å²) in [5.41, 5.74) is 0. The van der Waals surface area contributed by atoms with E-state index in [2.05, 4.69) is 4.90 Å². The normalized spacial score (nSPS) is 16.6. The molecule has 0 aliphatic carbocycles. The molecule has 1 aromatic rings. The van der Waals surface area contributed by atoms with E-state index in [4.69, 9.17) is 9.84 Å². The lowest BCUT2D eigenvalue weighted by molar-refractivity contribution is 0.101. The van der Waals surface area contributed by atoms with Gasteiger partial charge >= 0.3 is 6.09 Å². The van der Waals surface area contributed by atoms with Crippen LogP contribution in [0, 0.1) is 0 Å². The van der Waals surface area contributed by atoms with E-state index in [1.807, 2.05) is 18.2 Å². The maximum Gasteiger partial charge on any atom is 0.415 e. The Balaban J connectivity index is 1.81. The van der Waals surface area contributed by atoms with Gasteiger partial charge in [0.15, 0.2) is 0 Å². The van der Waals surface area contributed by atoms with Crippen LogP contribution in [-0.2, 0) is 0 Å². The lowest BCUT2D eigenvalue weighted by atomic mass is 10.3. The molecule has 1 amide bonds. The molecule has 0 unspecified atom stereocenters. The highest BCUT2D eigenvalue weighted by Crippen LogP contribution is 2.11. The Morgan fingerprint density at radius 2 is 1.83 bits per heavy atom. The smallest absolute Gasteiger partial charge is 0.410 e. The summed E-state index contributed by atoms with van der Waals surface area (Å²) in [4.78, 5) is 15.7. The summed E-state index contributed by atoms with van der Waals surface area (Å²) in [7, 11) is 0. The second-order valence-electron chi connectivity index (χ2n) is 4.23. The average molecular weight is 250 g/mol. The van der Waals surface area contributed by atoms with Gasteiger partial charge in [-0.2, -0.15) is 0 Å². The van der Waals surface area contributed by atoms with Crippen molar-refractivity contribution in [1.82, 2.24) is 9.80 Å². The molecule has 0 spiro atoms. The molecule has 0 radical (unpaired) electrons. The SMILES string of the molecule is O=C(Oc1ccccc1)N1CCN(CCO)CC1. The molecule has 5 heteroatoms. The number of piperazine rings is 1. The lowest BCUT2D eigenvalue weighted by Crippen LogP contribution is -2.50. The molecule has 2 rings (SSSR count). The Morgan fingerprint density at radius 3 is 2.44 bits per heavy atom. The van der Waals surface area contributed by atoms with Crippen LogP contribution in [0.25, 0.3) is 0 Å². The molecule has 5 nitrogen and oxygen atoms in total. The van der Waals surface area contributed by atoms with Gasteiger partial charge in [-0.25, -0.2) is 4.79 Å². The molecule has 1 heterocycles. The van der Waals surface area contributed by atoms with Gasteiger partial charge in [0.05, 0.1) is 6.61 Å². The molecular formula is C13H18N2O3. The molecule has 1 aliphatic heterocycles. The van der Waals surface area contributed by atoms with Crippen molar-refractivity contribution in [2.24, 2.45) is 0 Å². The van der Waals surface area contributed by atoms with Crippen LogP contribution < -0.4 is 4.74 Å². The summed E-state index contributed by atoms with van der Waals surface area (Å²) in [5.74, 6) is 0.570. The van der Waals surface area contributed by atoms with Crippen LogP contribution >= 0.6 is 0 Å². The number of hydrogen-bond acceptors (Lipinski definition) is 4.